The number of para-hydroxylation sites is 1. The highest BCUT2D eigenvalue weighted by atomic mass is 16.6. The Labute approximate surface area is 172 Å². The van der Waals surface area contributed by atoms with E-state index >= 15 is 0 Å². The largest absolute Gasteiger partial charge is 0.366 e. The van der Waals surface area contributed by atoms with Gasteiger partial charge in [-0.1, -0.05) is 18.2 Å². The molecule has 10 heteroatoms. The minimum Gasteiger partial charge on any atom is -0.366 e. The van der Waals surface area contributed by atoms with Gasteiger partial charge in [0.2, 0.25) is 5.91 Å². The lowest BCUT2D eigenvalue weighted by molar-refractivity contribution is -0.384. The fraction of sp³-hybridized carbons (Fsp3) is 0.300. The van der Waals surface area contributed by atoms with Crippen molar-refractivity contribution < 1.29 is 19.7 Å². The fourth-order valence-electron chi connectivity index (χ4n) is 4.29. The van der Waals surface area contributed by atoms with Crippen LogP contribution in [0.25, 0.3) is 0 Å². The summed E-state index contributed by atoms with van der Waals surface area (Å²) < 4.78 is 0. The number of nitro groups is 1. The number of hydrogen-bond acceptors (Lipinski definition) is 7. The van der Waals surface area contributed by atoms with Crippen molar-refractivity contribution in [1.29, 1.82) is 0 Å². The smallest absolute Gasteiger partial charge is 0.293 e. The van der Waals surface area contributed by atoms with Crippen molar-refractivity contribution in [2.24, 2.45) is 0 Å². The Kier molecular flexibility index (Phi) is 5.00. The topological polar surface area (TPSA) is 128 Å². The lowest BCUT2D eigenvalue weighted by Crippen LogP contribution is -2.56. The average Bonchev–Trinajstić information content (AvgIpc) is 3.09. The zero-order valence-electron chi connectivity index (χ0n) is 16.1. The van der Waals surface area contributed by atoms with Crippen LogP contribution in [0.3, 0.4) is 0 Å². The molecule has 0 unspecified atom stereocenters. The van der Waals surface area contributed by atoms with E-state index in [-0.39, 0.29) is 17.2 Å². The summed E-state index contributed by atoms with van der Waals surface area (Å²) in [5.74, 6) is -0.848. The molecular weight excluding hydrogens is 390 g/mol. The van der Waals surface area contributed by atoms with Crippen molar-refractivity contribution in [2.75, 3.05) is 29.6 Å². The van der Waals surface area contributed by atoms with Gasteiger partial charge in [-0.2, -0.15) is 0 Å². The van der Waals surface area contributed by atoms with Crippen LogP contribution in [0.5, 0.6) is 0 Å². The summed E-state index contributed by atoms with van der Waals surface area (Å²) in [6.45, 7) is 1.32. The lowest BCUT2D eigenvalue weighted by Gasteiger charge is -2.43. The normalized spacial score (nSPS) is 17.7. The number of nitro benzene ring substituents is 1. The first kappa shape index (κ1) is 19.6. The molecule has 0 radical (unpaired) electrons. The number of amides is 2. The molecule has 0 saturated carbocycles. The molecular formula is C20H21N5O5. The Bertz CT molecular complexity index is 988. The van der Waals surface area contributed by atoms with E-state index in [0.29, 0.717) is 38.3 Å². The van der Waals surface area contributed by atoms with E-state index < -0.39 is 16.4 Å². The Balaban J connectivity index is 1.59. The second-order valence-corrected chi connectivity index (χ2v) is 7.35. The molecule has 30 heavy (non-hydrogen) atoms. The van der Waals surface area contributed by atoms with Crippen LogP contribution in [0.4, 0.5) is 17.1 Å². The van der Waals surface area contributed by atoms with Crippen LogP contribution in [0.15, 0.2) is 48.5 Å². The summed E-state index contributed by atoms with van der Waals surface area (Å²) in [5.41, 5.74) is 1.90. The molecule has 1 spiro atoms. The van der Waals surface area contributed by atoms with Crippen molar-refractivity contribution >= 4 is 28.9 Å². The van der Waals surface area contributed by atoms with Gasteiger partial charge in [0.25, 0.3) is 11.6 Å². The van der Waals surface area contributed by atoms with E-state index in [4.69, 9.17) is 5.21 Å². The summed E-state index contributed by atoms with van der Waals surface area (Å²) in [5, 5.41) is 23.3. The summed E-state index contributed by atoms with van der Waals surface area (Å²) in [4.78, 5) is 39.3. The molecule has 3 N–H and O–H groups in total. The third kappa shape index (κ3) is 3.20. The highest BCUT2D eigenvalue weighted by Crippen LogP contribution is 2.39. The van der Waals surface area contributed by atoms with Crippen LogP contribution in [0, 0.1) is 10.1 Å². The average molecular weight is 411 g/mol. The van der Waals surface area contributed by atoms with Crippen molar-refractivity contribution in [3.8, 4) is 0 Å². The molecule has 0 atom stereocenters. The van der Waals surface area contributed by atoms with Gasteiger partial charge in [0.15, 0.2) is 0 Å². The predicted molar refractivity (Wildman–Crippen MR) is 108 cm³/mol. The zero-order chi connectivity index (χ0) is 21.3. The van der Waals surface area contributed by atoms with E-state index in [1.54, 1.807) is 0 Å². The highest BCUT2D eigenvalue weighted by molar-refractivity contribution is 5.95. The number of nitrogens with zero attached hydrogens (tertiary/aromatic N) is 3. The predicted octanol–water partition coefficient (Wildman–Crippen LogP) is 1.65. The summed E-state index contributed by atoms with van der Waals surface area (Å²) in [7, 11) is 0. The van der Waals surface area contributed by atoms with Crippen LogP contribution >= 0.6 is 0 Å². The van der Waals surface area contributed by atoms with Crippen molar-refractivity contribution in [3.05, 3.63) is 64.2 Å². The van der Waals surface area contributed by atoms with Crippen LogP contribution < -0.4 is 20.6 Å². The second kappa shape index (κ2) is 7.64. The van der Waals surface area contributed by atoms with Crippen molar-refractivity contribution in [2.45, 2.75) is 18.4 Å². The van der Waals surface area contributed by atoms with Crippen LogP contribution in [0.1, 0.15) is 23.2 Å². The third-order valence-corrected chi connectivity index (χ3v) is 5.87. The molecule has 2 fully saturated rings. The minimum absolute atomic E-state index is 0.00754. The number of benzene rings is 2. The fourth-order valence-corrected chi connectivity index (χ4v) is 4.29. The molecule has 2 aliphatic heterocycles. The van der Waals surface area contributed by atoms with Crippen LogP contribution in [0.2, 0.25) is 0 Å². The van der Waals surface area contributed by atoms with Gasteiger partial charge in [0.05, 0.1) is 11.6 Å². The quantitative estimate of drug-likeness (QED) is 0.396. The van der Waals surface area contributed by atoms with E-state index in [9.17, 15) is 19.7 Å². The van der Waals surface area contributed by atoms with Gasteiger partial charge in [-0.25, -0.2) is 5.48 Å². The monoisotopic (exact) mass is 411 g/mol. The molecule has 2 heterocycles. The van der Waals surface area contributed by atoms with Crippen LogP contribution in [-0.2, 0) is 4.79 Å². The Morgan fingerprint density at radius 3 is 2.50 bits per heavy atom. The molecule has 2 aromatic rings. The van der Waals surface area contributed by atoms with Gasteiger partial charge in [-0.05, 0) is 37.1 Å². The molecule has 2 aliphatic rings. The first-order valence-corrected chi connectivity index (χ1v) is 9.55. The van der Waals surface area contributed by atoms with E-state index in [1.807, 2.05) is 35.2 Å². The lowest BCUT2D eigenvalue weighted by atomic mass is 9.85. The summed E-state index contributed by atoms with van der Waals surface area (Å²) in [6.07, 6.45) is 1.01. The van der Waals surface area contributed by atoms with Crippen molar-refractivity contribution in [1.82, 2.24) is 10.8 Å². The van der Waals surface area contributed by atoms with E-state index in [0.717, 1.165) is 11.8 Å². The second-order valence-electron chi connectivity index (χ2n) is 7.35. The standard InChI is InChI=1S/C20H21N5O5/c26-18(22-28)14-6-7-16(17(12-14)25(29)30)23-10-8-20(9-11-23)19(27)21-13-24(20)15-4-2-1-3-5-15/h1-7,12,28H,8-11,13H2,(H,21,27)(H,22,26). The van der Waals surface area contributed by atoms with Gasteiger partial charge < -0.3 is 15.1 Å². The minimum atomic E-state index is -0.816. The number of hydroxylamine groups is 1. The van der Waals surface area contributed by atoms with Crippen molar-refractivity contribution in [3.63, 3.8) is 0 Å². The van der Waals surface area contributed by atoms with Gasteiger partial charge in [0.1, 0.15) is 11.2 Å². The molecule has 2 saturated heterocycles. The number of rotatable bonds is 4. The van der Waals surface area contributed by atoms with Gasteiger partial charge in [-0.15, -0.1) is 0 Å². The van der Waals surface area contributed by atoms with Crippen LogP contribution in [-0.4, -0.2) is 47.2 Å². The number of carbonyl (C=O) groups is 2. The van der Waals surface area contributed by atoms with Gasteiger partial charge in [0, 0.05) is 30.4 Å². The maximum atomic E-state index is 12.8. The summed E-state index contributed by atoms with van der Waals surface area (Å²) in [6, 6.07) is 13.8. The molecule has 156 valence electrons. The van der Waals surface area contributed by atoms with E-state index in [2.05, 4.69) is 10.2 Å². The van der Waals surface area contributed by atoms with E-state index in [1.165, 1.54) is 17.6 Å². The third-order valence-electron chi connectivity index (χ3n) is 5.87. The number of carbonyl (C=O) groups excluding carboxylic acids is 2. The Morgan fingerprint density at radius 2 is 1.87 bits per heavy atom. The molecule has 10 nitrogen and oxygen atoms in total. The number of anilines is 2. The van der Waals surface area contributed by atoms with Gasteiger partial charge in [-0.3, -0.25) is 24.9 Å². The molecule has 2 amide bonds. The molecule has 0 bridgehead atoms. The Morgan fingerprint density at radius 1 is 1.17 bits per heavy atom. The first-order chi connectivity index (χ1) is 14.5. The number of piperidine rings is 1. The molecule has 0 aromatic heterocycles. The maximum Gasteiger partial charge on any atom is 0.293 e. The molecule has 2 aromatic carbocycles. The van der Waals surface area contributed by atoms with Gasteiger partial charge >= 0.3 is 0 Å². The maximum absolute atomic E-state index is 12.8. The SMILES string of the molecule is O=C(NO)c1ccc(N2CCC3(CC2)C(=O)NCN3c2ccccc2)c([N+](=O)[O-])c1. The first-order valence-electron chi connectivity index (χ1n) is 9.55. The Hall–Kier alpha value is -3.66. The number of hydrogen-bond donors (Lipinski definition) is 3. The zero-order valence-corrected chi connectivity index (χ0v) is 16.1. The molecule has 4 rings (SSSR count). The highest BCUT2D eigenvalue weighted by Gasteiger charge is 2.50. The summed E-state index contributed by atoms with van der Waals surface area (Å²) >= 11 is 0. The number of nitrogens with one attached hydrogen (secondary N) is 2. The molecule has 0 aliphatic carbocycles.